The van der Waals surface area contributed by atoms with Crippen LogP contribution in [0.4, 0.5) is 17.6 Å². The molecule has 4 nitrogen and oxygen atoms in total. The molecular weight excluding hydrogens is 450 g/mol. The molecule has 0 aliphatic carbocycles. The number of aromatic carboxylic acids is 1. The largest absolute Gasteiger partial charge is 0.478 e. The summed E-state index contributed by atoms with van der Waals surface area (Å²) >= 11 is 5.98. The summed E-state index contributed by atoms with van der Waals surface area (Å²) in [7, 11) is 0. The highest BCUT2D eigenvalue weighted by Gasteiger charge is 2.37. The van der Waals surface area contributed by atoms with Crippen LogP contribution in [0.5, 0.6) is 0 Å². The number of hydrogen-bond donors (Lipinski definition) is 1. The van der Waals surface area contributed by atoms with Crippen LogP contribution in [-0.2, 0) is 6.18 Å². The van der Waals surface area contributed by atoms with Crippen molar-refractivity contribution in [1.82, 2.24) is 4.40 Å². The normalized spacial score (nSPS) is 11.7. The maximum Gasteiger partial charge on any atom is 0.417 e. The zero-order valence-electron chi connectivity index (χ0n) is 16.0. The standard InChI is InChI=1S/C23H12ClF4NO3/c24-16-5-3-4-15(23(26,27)28)20(16)21(30)19-11-14(18-6-1-2-9-29(18)19)13-8-7-12(22(31)32)10-17(13)25/h1-11H,(H,31,32). The molecule has 2 aromatic carbocycles. The second kappa shape index (κ2) is 7.80. The Morgan fingerprint density at radius 3 is 2.34 bits per heavy atom. The minimum Gasteiger partial charge on any atom is -0.478 e. The predicted molar refractivity (Wildman–Crippen MR) is 110 cm³/mol. The van der Waals surface area contributed by atoms with Crippen LogP contribution in [0.2, 0.25) is 5.02 Å². The first-order valence-electron chi connectivity index (χ1n) is 9.13. The maximum atomic E-state index is 14.7. The Balaban J connectivity index is 1.95. The Labute approximate surface area is 183 Å². The number of nitrogens with zero attached hydrogens (tertiary/aromatic N) is 1. The monoisotopic (exact) mass is 461 g/mol. The summed E-state index contributed by atoms with van der Waals surface area (Å²) in [6.45, 7) is 0. The molecule has 0 amide bonds. The summed E-state index contributed by atoms with van der Waals surface area (Å²) < 4.78 is 56.6. The van der Waals surface area contributed by atoms with E-state index in [4.69, 9.17) is 16.7 Å². The van der Waals surface area contributed by atoms with Gasteiger partial charge >= 0.3 is 12.1 Å². The van der Waals surface area contributed by atoms with Gasteiger partial charge in [-0.3, -0.25) is 4.79 Å². The number of ketones is 1. The minimum absolute atomic E-state index is 0.00652. The van der Waals surface area contributed by atoms with Crippen LogP contribution in [0, 0.1) is 5.82 Å². The summed E-state index contributed by atoms with van der Waals surface area (Å²) in [5.41, 5.74) is -1.76. The van der Waals surface area contributed by atoms with Gasteiger partial charge < -0.3 is 9.51 Å². The van der Waals surface area contributed by atoms with Gasteiger partial charge in [0.25, 0.3) is 0 Å². The van der Waals surface area contributed by atoms with E-state index < -0.39 is 34.9 Å². The fourth-order valence-corrected chi connectivity index (χ4v) is 3.79. The molecule has 4 rings (SSSR count). The lowest BCUT2D eigenvalue weighted by molar-refractivity contribution is -0.137. The Kier molecular flexibility index (Phi) is 5.26. The molecule has 1 N–H and O–H groups in total. The molecule has 0 spiro atoms. The van der Waals surface area contributed by atoms with E-state index in [1.165, 1.54) is 34.9 Å². The van der Waals surface area contributed by atoms with Crippen molar-refractivity contribution >= 4 is 28.9 Å². The number of benzene rings is 2. The number of rotatable bonds is 4. The molecule has 2 aromatic heterocycles. The van der Waals surface area contributed by atoms with E-state index in [2.05, 4.69) is 0 Å². The topological polar surface area (TPSA) is 58.8 Å². The highest BCUT2D eigenvalue weighted by atomic mass is 35.5. The van der Waals surface area contributed by atoms with Gasteiger partial charge in [-0.2, -0.15) is 13.2 Å². The average Bonchev–Trinajstić information content (AvgIpc) is 3.12. The second-order valence-electron chi connectivity index (χ2n) is 6.89. The lowest BCUT2D eigenvalue weighted by Crippen LogP contribution is -2.15. The van der Waals surface area contributed by atoms with E-state index in [-0.39, 0.29) is 27.4 Å². The molecule has 0 unspecified atom stereocenters. The first-order valence-corrected chi connectivity index (χ1v) is 9.51. The van der Waals surface area contributed by atoms with Crippen LogP contribution >= 0.6 is 11.6 Å². The van der Waals surface area contributed by atoms with Crippen molar-refractivity contribution in [3.05, 3.63) is 100 Å². The van der Waals surface area contributed by atoms with Gasteiger partial charge in [-0.25, -0.2) is 9.18 Å². The molecule has 0 saturated carbocycles. The van der Waals surface area contributed by atoms with E-state index >= 15 is 0 Å². The molecule has 0 fully saturated rings. The molecule has 162 valence electrons. The number of aromatic nitrogens is 1. The maximum absolute atomic E-state index is 14.7. The molecule has 0 saturated heterocycles. The van der Waals surface area contributed by atoms with Gasteiger partial charge in [-0.05, 0) is 42.5 Å². The van der Waals surface area contributed by atoms with Gasteiger partial charge in [0.15, 0.2) is 0 Å². The molecule has 32 heavy (non-hydrogen) atoms. The number of hydrogen-bond acceptors (Lipinski definition) is 2. The first kappa shape index (κ1) is 21.6. The summed E-state index contributed by atoms with van der Waals surface area (Å²) in [6.07, 6.45) is -3.36. The van der Waals surface area contributed by atoms with E-state index in [9.17, 15) is 27.2 Å². The lowest BCUT2D eigenvalue weighted by Gasteiger charge is -2.13. The van der Waals surface area contributed by atoms with Crippen LogP contribution in [0.1, 0.15) is 32.0 Å². The Bertz CT molecular complexity index is 1390. The lowest BCUT2D eigenvalue weighted by atomic mass is 9.99. The van der Waals surface area contributed by atoms with Gasteiger partial charge in [0, 0.05) is 17.3 Å². The number of halogens is 5. The third kappa shape index (κ3) is 3.62. The minimum atomic E-state index is -4.81. The third-order valence-electron chi connectivity index (χ3n) is 4.96. The van der Waals surface area contributed by atoms with Gasteiger partial charge in [-0.15, -0.1) is 0 Å². The SMILES string of the molecule is O=C(O)c1ccc(-c2cc(C(=O)c3c(Cl)cccc3C(F)(F)F)n3ccccc23)c(F)c1. The Morgan fingerprint density at radius 2 is 1.69 bits per heavy atom. The zero-order valence-corrected chi connectivity index (χ0v) is 16.7. The Morgan fingerprint density at radius 1 is 0.938 bits per heavy atom. The average molecular weight is 462 g/mol. The highest BCUT2D eigenvalue weighted by molar-refractivity contribution is 6.35. The summed E-state index contributed by atoms with van der Waals surface area (Å²) in [5, 5.41) is 8.68. The molecule has 0 aliphatic heterocycles. The van der Waals surface area contributed by atoms with Crippen molar-refractivity contribution in [3.63, 3.8) is 0 Å². The number of carbonyl (C=O) groups is 2. The molecule has 2 heterocycles. The number of pyridine rings is 1. The number of carboxylic acids is 1. The van der Waals surface area contributed by atoms with Crippen molar-refractivity contribution in [2.24, 2.45) is 0 Å². The summed E-state index contributed by atoms with van der Waals surface area (Å²) in [6, 6.07) is 12.3. The van der Waals surface area contributed by atoms with Crippen molar-refractivity contribution in [2.45, 2.75) is 6.18 Å². The predicted octanol–water partition coefficient (Wildman–Crippen LogP) is 6.35. The van der Waals surface area contributed by atoms with Crippen LogP contribution < -0.4 is 0 Å². The third-order valence-corrected chi connectivity index (χ3v) is 5.28. The van der Waals surface area contributed by atoms with E-state index in [0.29, 0.717) is 5.52 Å². The van der Waals surface area contributed by atoms with Crippen molar-refractivity contribution in [3.8, 4) is 11.1 Å². The first-order chi connectivity index (χ1) is 15.1. The van der Waals surface area contributed by atoms with Gasteiger partial charge in [-0.1, -0.05) is 29.8 Å². The molecule has 0 bridgehead atoms. The number of carbonyl (C=O) groups excluding carboxylic acids is 1. The summed E-state index contributed by atoms with van der Waals surface area (Å²) in [4.78, 5) is 24.3. The van der Waals surface area contributed by atoms with Crippen molar-refractivity contribution in [2.75, 3.05) is 0 Å². The van der Waals surface area contributed by atoms with Crippen LogP contribution in [0.15, 0.2) is 66.9 Å². The van der Waals surface area contributed by atoms with Crippen LogP contribution in [-0.4, -0.2) is 21.3 Å². The molecule has 0 atom stereocenters. The molecule has 0 aliphatic rings. The van der Waals surface area contributed by atoms with Gasteiger partial charge in [0.05, 0.1) is 32.9 Å². The van der Waals surface area contributed by atoms with E-state index in [0.717, 1.165) is 18.2 Å². The highest BCUT2D eigenvalue weighted by Crippen LogP contribution is 2.38. The fourth-order valence-electron chi connectivity index (χ4n) is 3.53. The fraction of sp³-hybridized carbons (Fsp3) is 0.0435. The molecular formula is C23H12ClF4NO3. The van der Waals surface area contributed by atoms with Gasteiger partial charge in [0.2, 0.25) is 5.78 Å². The second-order valence-corrected chi connectivity index (χ2v) is 7.30. The number of fused-ring (bicyclic) bond motifs is 1. The van der Waals surface area contributed by atoms with E-state index in [1.54, 1.807) is 18.2 Å². The van der Waals surface area contributed by atoms with Crippen molar-refractivity contribution < 1.29 is 32.3 Å². The van der Waals surface area contributed by atoms with Crippen LogP contribution in [0.25, 0.3) is 16.6 Å². The van der Waals surface area contributed by atoms with Gasteiger partial charge in [0.1, 0.15) is 5.82 Å². The zero-order chi connectivity index (χ0) is 23.2. The number of alkyl halides is 3. The molecule has 9 heteroatoms. The van der Waals surface area contributed by atoms with Crippen molar-refractivity contribution in [1.29, 1.82) is 0 Å². The smallest absolute Gasteiger partial charge is 0.417 e. The molecule has 0 radical (unpaired) electrons. The molecule has 4 aromatic rings. The Hall–Kier alpha value is -3.65. The van der Waals surface area contributed by atoms with E-state index in [1.807, 2.05) is 0 Å². The summed E-state index contributed by atoms with van der Waals surface area (Å²) in [5.74, 6) is -3.15. The number of carboxylic acid groups (broad SMARTS) is 1. The quantitative estimate of drug-likeness (QED) is 0.285. The van der Waals surface area contributed by atoms with Crippen LogP contribution in [0.3, 0.4) is 0 Å².